The molecule has 0 aliphatic heterocycles. The normalized spacial score (nSPS) is 14.4. The van der Waals surface area contributed by atoms with Crippen molar-refractivity contribution >= 4 is 23.0 Å². The van der Waals surface area contributed by atoms with Crippen LogP contribution in [0, 0.1) is 0 Å². The molecule has 0 bridgehead atoms. The van der Waals surface area contributed by atoms with Gasteiger partial charge in [-0.15, -0.1) is 0 Å². The quantitative estimate of drug-likeness (QED) is 0.796. The summed E-state index contributed by atoms with van der Waals surface area (Å²) < 4.78 is 5.24. The largest absolute Gasteiger partial charge is 0.497 e. The van der Waals surface area contributed by atoms with Crippen molar-refractivity contribution in [3.05, 3.63) is 59.2 Å². The first-order valence-corrected chi connectivity index (χ1v) is 8.90. The Morgan fingerprint density at radius 2 is 1.88 bits per heavy atom. The topological polar surface area (TPSA) is 33.3 Å². The number of hydrogen-bond acceptors (Lipinski definition) is 2. The third kappa shape index (κ3) is 4.06. The van der Waals surface area contributed by atoms with Crippen LogP contribution in [0.2, 0.25) is 0 Å². The molecule has 0 unspecified atom stereocenters. The number of rotatable bonds is 4. The van der Waals surface area contributed by atoms with Gasteiger partial charge < -0.3 is 15.4 Å². The number of aryl methyl sites for hydroxylation is 2. The van der Waals surface area contributed by atoms with Crippen molar-refractivity contribution in [1.82, 2.24) is 5.32 Å². The molecule has 0 aromatic heterocycles. The number of fused-ring (bicyclic) bond motifs is 1. The summed E-state index contributed by atoms with van der Waals surface area (Å²) in [5, 5.41) is 7.21. The molecule has 4 heteroatoms. The second-order valence-electron chi connectivity index (χ2n) is 6.29. The second-order valence-corrected chi connectivity index (χ2v) is 6.70. The monoisotopic (exact) mass is 340 g/mol. The number of ether oxygens (including phenoxy) is 1. The molecule has 0 saturated heterocycles. The summed E-state index contributed by atoms with van der Waals surface area (Å²) in [6.45, 7) is 2.14. The number of hydrogen-bond donors (Lipinski definition) is 2. The minimum atomic E-state index is 0.169. The van der Waals surface area contributed by atoms with E-state index in [-0.39, 0.29) is 6.04 Å². The minimum Gasteiger partial charge on any atom is -0.497 e. The summed E-state index contributed by atoms with van der Waals surface area (Å²) in [5.74, 6) is 0.811. The fourth-order valence-electron chi connectivity index (χ4n) is 3.17. The standard InChI is InChI=1S/C20H24N2OS/c1-14(16-11-10-15-6-3-4-7-17(15)12-16)21-20(24)22-18-8-5-9-19(13-18)23-2/h5,8-14H,3-4,6-7H2,1-2H3,(H2,21,22,24)/t14-/m0/s1. The molecule has 2 N–H and O–H groups in total. The fourth-order valence-corrected chi connectivity index (χ4v) is 3.47. The molecule has 0 saturated carbocycles. The lowest BCUT2D eigenvalue weighted by Gasteiger charge is -2.21. The maximum Gasteiger partial charge on any atom is 0.171 e. The molecule has 0 radical (unpaired) electrons. The number of nitrogens with one attached hydrogen (secondary N) is 2. The zero-order chi connectivity index (χ0) is 16.9. The van der Waals surface area contributed by atoms with E-state index in [1.807, 2.05) is 24.3 Å². The Morgan fingerprint density at radius 1 is 1.08 bits per heavy atom. The van der Waals surface area contributed by atoms with Gasteiger partial charge in [0.1, 0.15) is 5.75 Å². The minimum absolute atomic E-state index is 0.169. The van der Waals surface area contributed by atoms with Crippen molar-refractivity contribution in [1.29, 1.82) is 0 Å². The smallest absolute Gasteiger partial charge is 0.171 e. The number of methoxy groups -OCH3 is 1. The van der Waals surface area contributed by atoms with Crippen LogP contribution >= 0.6 is 12.2 Å². The molecule has 2 aromatic carbocycles. The van der Waals surface area contributed by atoms with Crippen LogP contribution in [0.5, 0.6) is 5.75 Å². The predicted octanol–water partition coefficient (Wildman–Crippen LogP) is 4.62. The van der Waals surface area contributed by atoms with E-state index in [2.05, 4.69) is 35.8 Å². The summed E-state index contributed by atoms with van der Waals surface area (Å²) in [7, 11) is 1.66. The first-order valence-electron chi connectivity index (χ1n) is 8.49. The fraction of sp³-hybridized carbons (Fsp3) is 0.350. The SMILES string of the molecule is COc1cccc(NC(=S)N[C@@H](C)c2ccc3c(c2)CCCC3)c1. The van der Waals surface area contributed by atoms with Gasteiger partial charge in [0.15, 0.2) is 5.11 Å². The van der Waals surface area contributed by atoms with Gasteiger partial charge in [-0.25, -0.2) is 0 Å². The van der Waals surface area contributed by atoms with Gasteiger partial charge in [0.05, 0.1) is 13.2 Å². The van der Waals surface area contributed by atoms with Crippen molar-refractivity contribution in [2.24, 2.45) is 0 Å². The summed E-state index contributed by atoms with van der Waals surface area (Å²) in [6, 6.07) is 14.8. The van der Waals surface area contributed by atoms with Gasteiger partial charge in [-0.3, -0.25) is 0 Å². The third-order valence-electron chi connectivity index (χ3n) is 4.55. The number of thiocarbonyl (C=S) groups is 1. The van der Waals surface area contributed by atoms with E-state index in [4.69, 9.17) is 17.0 Å². The van der Waals surface area contributed by atoms with Crippen molar-refractivity contribution in [3.8, 4) is 5.75 Å². The maximum atomic E-state index is 5.45. The second kappa shape index (κ2) is 7.67. The van der Waals surface area contributed by atoms with Crippen LogP contribution in [-0.2, 0) is 12.8 Å². The molecule has 3 nitrogen and oxygen atoms in total. The van der Waals surface area contributed by atoms with Crippen LogP contribution in [-0.4, -0.2) is 12.2 Å². The lowest BCUT2D eigenvalue weighted by atomic mass is 9.89. The van der Waals surface area contributed by atoms with E-state index in [1.54, 1.807) is 7.11 Å². The third-order valence-corrected chi connectivity index (χ3v) is 4.77. The van der Waals surface area contributed by atoms with E-state index in [1.165, 1.54) is 42.4 Å². The summed E-state index contributed by atoms with van der Waals surface area (Å²) >= 11 is 5.45. The van der Waals surface area contributed by atoms with E-state index in [9.17, 15) is 0 Å². The molecule has 0 amide bonds. The Morgan fingerprint density at radius 3 is 2.67 bits per heavy atom. The molecule has 24 heavy (non-hydrogen) atoms. The highest BCUT2D eigenvalue weighted by molar-refractivity contribution is 7.80. The average Bonchev–Trinajstić information content (AvgIpc) is 2.61. The van der Waals surface area contributed by atoms with Crippen LogP contribution in [0.25, 0.3) is 0 Å². The molecular formula is C20H24N2OS. The predicted molar refractivity (Wildman–Crippen MR) is 104 cm³/mol. The van der Waals surface area contributed by atoms with Crippen LogP contribution in [0.3, 0.4) is 0 Å². The number of anilines is 1. The Hall–Kier alpha value is -2.07. The molecule has 2 aromatic rings. The van der Waals surface area contributed by atoms with E-state index >= 15 is 0 Å². The Bertz CT molecular complexity index is 729. The molecule has 0 heterocycles. The highest BCUT2D eigenvalue weighted by Crippen LogP contribution is 2.25. The van der Waals surface area contributed by atoms with Crippen molar-refractivity contribution in [3.63, 3.8) is 0 Å². The van der Waals surface area contributed by atoms with Crippen molar-refractivity contribution in [2.45, 2.75) is 38.6 Å². The first-order chi connectivity index (χ1) is 11.7. The zero-order valence-corrected chi connectivity index (χ0v) is 15.1. The number of benzene rings is 2. The van der Waals surface area contributed by atoms with Crippen molar-refractivity contribution in [2.75, 3.05) is 12.4 Å². The van der Waals surface area contributed by atoms with Gasteiger partial charge in [0.2, 0.25) is 0 Å². The van der Waals surface area contributed by atoms with Gasteiger partial charge in [-0.1, -0.05) is 24.3 Å². The molecule has 1 aliphatic rings. The summed E-state index contributed by atoms with van der Waals surface area (Å²) in [5.41, 5.74) is 5.21. The summed E-state index contributed by atoms with van der Waals surface area (Å²) in [4.78, 5) is 0. The van der Waals surface area contributed by atoms with Gasteiger partial charge in [-0.05, 0) is 73.6 Å². The first kappa shape index (κ1) is 16.8. The van der Waals surface area contributed by atoms with Crippen LogP contribution < -0.4 is 15.4 Å². The van der Waals surface area contributed by atoms with Gasteiger partial charge in [0.25, 0.3) is 0 Å². The van der Waals surface area contributed by atoms with Crippen LogP contribution in [0.15, 0.2) is 42.5 Å². The van der Waals surface area contributed by atoms with E-state index < -0.39 is 0 Å². The summed E-state index contributed by atoms with van der Waals surface area (Å²) in [6.07, 6.45) is 5.03. The van der Waals surface area contributed by atoms with Crippen molar-refractivity contribution < 1.29 is 4.74 Å². The van der Waals surface area contributed by atoms with Gasteiger partial charge in [0, 0.05) is 11.8 Å². The van der Waals surface area contributed by atoms with Gasteiger partial charge in [-0.2, -0.15) is 0 Å². The molecule has 1 aliphatic carbocycles. The lowest BCUT2D eigenvalue weighted by molar-refractivity contribution is 0.415. The van der Waals surface area contributed by atoms with E-state index in [0.717, 1.165) is 11.4 Å². The molecule has 0 fully saturated rings. The maximum absolute atomic E-state index is 5.45. The van der Waals surface area contributed by atoms with E-state index in [0.29, 0.717) is 5.11 Å². The van der Waals surface area contributed by atoms with Crippen LogP contribution in [0.1, 0.15) is 42.5 Å². The molecule has 0 spiro atoms. The Labute approximate surface area is 149 Å². The zero-order valence-electron chi connectivity index (χ0n) is 14.3. The van der Waals surface area contributed by atoms with Crippen LogP contribution in [0.4, 0.5) is 5.69 Å². The molecule has 3 rings (SSSR count). The highest BCUT2D eigenvalue weighted by atomic mass is 32.1. The Balaban J connectivity index is 1.63. The van der Waals surface area contributed by atoms with Gasteiger partial charge >= 0.3 is 0 Å². The lowest BCUT2D eigenvalue weighted by Crippen LogP contribution is -2.31. The molecular weight excluding hydrogens is 316 g/mol. The molecule has 126 valence electrons. The average molecular weight is 340 g/mol. The molecule has 1 atom stereocenters. The highest BCUT2D eigenvalue weighted by Gasteiger charge is 2.13. The Kier molecular flexibility index (Phi) is 5.36.